The molecule has 5 nitrogen and oxygen atoms in total. The molecule has 20 heavy (non-hydrogen) atoms. The van der Waals surface area contributed by atoms with Gasteiger partial charge < -0.3 is 10.6 Å². The van der Waals surface area contributed by atoms with E-state index in [1.807, 2.05) is 36.5 Å². The molecule has 1 aromatic heterocycles. The van der Waals surface area contributed by atoms with Gasteiger partial charge in [-0.25, -0.2) is 4.68 Å². The summed E-state index contributed by atoms with van der Waals surface area (Å²) in [5, 5.41) is 10.3. The molecule has 0 spiro atoms. The standard InChI is InChI=1S/C15H18N4O/c20-15(17-11-13-9-16-10-13)8-12-2-4-14(5-3-12)19-7-1-6-18-19/h1-7,13,16H,8-11H2,(H,17,20). The van der Waals surface area contributed by atoms with Gasteiger partial charge in [0.2, 0.25) is 5.91 Å². The fourth-order valence-electron chi connectivity index (χ4n) is 2.19. The highest BCUT2D eigenvalue weighted by atomic mass is 16.1. The molecule has 0 radical (unpaired) electrons. The van der Waals surface area contributed by atoms with E-state index in [9.17, 15) is 4.79 Å². The third kappa shape index (κ3) is 3.05. The Kier molecular flexibility index (Phi) is 3.78. The van der Waals surface area contributed by atoms with Crippen LogP contribution < -0.4 is 10.6 Å². The normalized spacial score (nSPS) is 14.8. The molecule has 1 fully saturated rings. The Bertz CT molecular complexity index is 558. The van der Waals surface area contributed by atoms with Gasteiger partial charge in [0, 0.05) is 37.9 Å². The number of nitrogens with one attached hydrogen (secondary N) is 2. The Labute approximate surface area is 118 Å². The zero-order valence-corrected chi connectivity index (χ0v) is 11.2. The first-order chi connectivity index (χ1) is 9.81. The van der Waals surface area contributed by atoms with Gasteiger partial charge in [0.25, 0.3) is 0 Å². The topological polar surface area (TPSA) is 59.0 Å². The monoisotopic (exact) mass is 270 g/mol. The number of rotatable bonds is 5. The van der Waals surface area contributed by atoms with Gasteiger partial charge in [0.15, 0.2) is 0 Å². The van der Waals surface area contributed by atoms with E-state index in [4.69, 9.17) is 0 Å². The van der Waals surface area contributed by atoms with Gasteiger partial charge in [-0.1, -0.05) is 12.1 Å². The highest BCUT2D eigenvalue weighted by Gasteiger charge is 2.17. The van der Waals surface area contributed by atoms with E-state index in [1.54, 1.807) is 10.9 Å². The highest BCUT2D eigenvalue weighted by Crippen LogP contribution is 2.09. The second-order valence-electron chi connectivity index (χ2n) is 5.12. The molecule has 5 heteroatoms. The molecule has 1 aromatic carbocycles. The summed E-state index contributed by atoms with van der Waals surface area (Å²) in [7, 11) is 0. The van der Waals surface area contributed by atoms with Gasteiger partial charge >= 0.3 is 0 Å². The molecule has 1 amide bonds. The number of aromatic nitrogens is 2. The number of hydrogen-bond donors (Lipinski definition) is 2. The SMILES string of the molecule is O=C(Cc1ccc(-n2cccn2)cc1)NCC1CNC1. The molecular formula is C15H18N4O. The van der Waals surface area contributed by atoms with Crippen LogP contribution in [0.1, 0.15) is 5.56 Å². The third-order valence-electron chi connectivity index (χ3n) is 3.52. The molecule has 1 saturated heterocycles. The van der Waals surface area contributed by atoms with Crippen LogP contribution in [0.2, 0.25) is 0 Å². The first kappa shape index (κ1) is 12.9. The van der Waals surface area contributed by atoms with Crippen LogP contribution in [0, 0.1) is 5.92 Å². The van der Waals surface area contributed by atoms with Gasteiger partial charge in [-0.2, -0.15) is 5.10 Å². The Morgan fingerprint density at radius 1 is 1.35 bits per heavy atom. The Hall–Kier alpha value is -2.14. The van der Waals surface area contributed by atoms with Crippen LogP contribution in [0.3, 0.4) is 0 Å². The highest BCUT2D eigenvalue weighted by molar-refractivity contribution is 5.78. The number of benzene rings is 1. The summed E-state index contributed by atoms with van der Waals surface area (Å²) in [5.41, 5.74) is 2.02. The van der Waals surface area contributed by atoms with Crippen LogP contribution in [-0.2, 0) is 11.2 Å². The Balaban J connectivity index is 1.53. The summed E-state index contributed by atoms with van der Waals surface area (Å²) < 4.78 is 1.80. The molecule has 0 unspecified atom stereocenters. The molecule has 104 valence electrons. The maximum atomic E-state index is 11.8. The van der Waals surface area contributed by atoms with E-state index in [2.05, 4.69) is 15.7 Å². The van der Waals surface area contributed by atoms with Crippen LogP contribution in [0.5, 0.6) is 0 Å². The second-order valence-corrected chi connectivity index (χ2v) is 5.12. The number of carbonyl (C=O) groups is 1. The number of carbonyl (C=O) groups excluding carboxylic acids is 1. The lowest BCUT2D eigenvalue weighted by Crippen LogP contribution is -2.48. The zero-order valence-electron chi connectivity index (χ0n) is 11.2. The molecule has 1 aliphatic heterocycles. The predicted molar refractivity (Wildman–Crippen MR) is 76.6 cm³/mol. The van der Waals surface area contributed by atoms with Crippen molar-refractivity contribution in [2.24, 2.45) is 5.92 Å². The van der Waals surface area contributed by atoms with Crippen molar-refractivity contribution in [3.8, 4) is 5.69 Å². The van der Waals surface area contributed by atoms with Crippen LogP contribution in [0.25, 0.3) is 5.69 Å². The summed E-state index contributed by atoms with van der Waals surface area (Å²) in [4.78, 5) is 11.8. The minimum Gasteiger partial charge on any atom is -0.355 e. The van der Waals surface area contributed by atoms with Crippen LogP contribution in [0.15, 0.2) is 42.7 Å². The first-order valence-corrected chi connectivity index (χ1v) is 6.87. The smallest absolute Gasteiger partial charge is 0.224 e. The molecule has 2 heterocycles. The van der Waals surface area contributed by atoms with Gasteiger partial charge in [-0.05, 0) is 23.8 Å². The van der Waals surface area contributed by atoms with Crippen molar-refractivity contribution < 1.29 is 4.79 Å². The lowest BCUT2D eigenvalue weighted by Gasteiger charge is -2.27. The van der Waals surface area contributed by atoms with Crippen molar-refractivity contribution in [3.05, 3.63) is 48.3 Å². The van der Waals surface area contributed by atoms with E-state index in [0.717, 1.165) is 30.9 Å². The van der Waals surface area contributed by atoms with Gasteiger partial charge in [0.1, 0.15) is 0 Å². The summed E-state index contributed by atoms with van der Waals surface area (Å²) in [6.45, 7) is 2.80. The predicted octanol–water partition coefficient (Wildman–Crippen LogP) is 0.750. The van der Waals surface area contributed by atoms with Crippen molar-refractivity contribution in [1.29, 1.82) is 0 Å². The summed E-state index contributed by atoms with van der Waals surface area (Å²) in [6.07, 6.45) is 4.07. The lowest BCUT2D eigenvalue weighted by molar-refractivity contribution is -0.120. The third-order valence-corrected chi connectivity index (χ3v) is 3.52. The molecular weight excluding hydrogens is 252 g/mol. The Morgan fingerprint density at radius 3 is 2.75 bits per heavy atom. The van der Waals surface area contributed by atoms with E-state index >= 15 is 0 Å². The van der Waals surface area contributed by atoms with Crippen molar-refractivity contribution in [3.63, 3.8) is 0 Å². The van der Waals surface area contributed by atoms with Crippen molar-refractivity contribution >= 4 is 5.91 Å². The minimum atomic E-state index is 0.0868. The quantitative estimate of drug-likeness (QED) is 0.843. The fraction of sp³-hybridized carbons (Fsp3) is 0.333. The number of hydrogen-bond acceptors (Lipinski definition) is 3. The molecule has 1 aliphatic rings. The average Bonchev–Trinajstić information content (AvgIpc) is 2.91. The van der Waals surface area contributed by atoms with Crippen molar-refractivity contribution in [2.45, 2.75) is 6.42 Å². The molecule has 0 bridgehead atoms. The zero-order chi connectivity index (χ0) is 13.8. The summed E-state index contributed by atoms with van der Waals surface area (Å²) >= 11 is 0. The molecule has 2 N–H and O–H groups in total. The molecule has 0 aliphatic carbocycles. The maximum Gasteiger partial charge on any atom is 0.224 e. The van der Waals surface area contributed by atoms with Gasteiger partial charge in [0.05, 0.1) is 12.1 Å². The van der Waals surface area contributed by atoms with Crippen LogP contribution >= 0.6 is 0 Å². The molecule has 3 rings (SSSR count). The minimum absolute atomic E-state index is 0.0868. The largest absolute Gasteiger partial charge is 0.355 e. The molecule has 0 atom stereocenters. The summed E-state index contributed by atoms with van der Waals surface area (Å²) in [6, 6.07) is 9.79. The lowest BCUT2D eigenvalue weighted by atomic mass is 10.0. The van der Waals surface area contributed by atoms with Gasteiger partial charge in [-0.15, -0.1) is 0 Å². The van der Waals surface area contributed by atoms with Crippen molar-refractivity contribution in [1.82, 2.24) is 20.4 Å². The Morgan fingerprint density at radius 2 is 2.15 bits per heavy atom. The number of nitrogens with zero attached hydrogens (tertiary/aromatic N) is 2. The second kappa shape index (κ2) is 5.88. The van der Waals surface area contributed by atoms with E-state index in [-0.39, 0.29) is 5.91 Å². The van der Waals surface area contributed by atoms with Crippen LogP contribution in [0.4, 0.5) is 0 Å². The van der Waals surface area contributed by atoms with E-state index in [0.29, 0.717) is 12.3 Å². The summed E-state index contributed by atoms with van der Waals surface area (Å²) in [5.74, 6) is 0.685. The average molecular weight is 270 g/mol. The van der Waals surface area contributed by atoms with E-state index in [1.165, 1.54) is 0 Å². The van der Waals surface area contributed by atoms with Gasteiger partial charge in [-0.3, -0.25) is 4.79 Å². The molecule has 0 saturated carbocycles. The number of amides is 1. The first-order valence-electron chi connectivity index (χ1n) is 6.87. The maximum absolute atomic E-state index is 11.8. The van der Waals surface area contributed by atoms with Crippen molar-refractivity contribution in [2.75, 3.05) is 19.6 Å². The fourth-order valence-corrected chi connectivity index (χ4v) is 2.19. The van der Waals surface area contributed by atoms with Crippen LogP contribution in [-0.4, -0.2) is 35.3 Å². The molecule has 2 aromatic rings. The van der Waals surface area contributed by atoms with E-state index < -0.39 is 0 Å².